The normalized spacial score (nSPS) is 24.6. The van der Waals surface area contributed by atoms with Gasteiger partial charge in [0.25, 0.3) is 0 Å². The van der Waals surface area contributed by atoms with E-state index >= 15 is 0 Å². The number of rotatable bonds is 5. The Labute approximate surface area is 129 Å². The Morgan fingerprint density at radius 3 is 2.81 bits per heavy atom. The molecule has 21 heavy (non-hydrogen) atoms. The Morgan fingerprint density at radius 2 is 2.24 bits per heavy atom. The number of nitrogens with one attached hydrogen (secondary N) is 1. The molecule has 0 radical (unpaired) electrons. The van der Waals surface area contributed by atoms with E-state index in [9.17, 15) is 4.79 Å². The number of methoxy groups -OCH3 is 1. The second-order valence-corrected chi connectivity index (χ2v) is 6.44. The molecule has 5 nitrogen and oxygen atoms in total. The fourth-order valence-corrected chi connectivity index (χ4v) is 3.17. The van der Waals surface area contributed by atoms with Crippen molar-refractivity contribution in [2.24, 2.45) is 16.3 Å². The topological polar surface area (TPSA) is 53.9 Å². The van der Waals surface area contributed by atoms with Crippen LogP contribution >= 0.6 is 0 Å². The minimum atomic E-state index is -0.188. The number of piperidine rings is 1. The van der Waals surface area contributed by atoms with Crippen molar-refractivity contribution < 1.29 is 9.53 Å². The van der Waals surface area contributed by atoms with Gasteiger partial charge in [-0.25, -0.2) is 0 Å². The first-order valence-corrected chi connectivity index (χ1v) is 7.99. The molecular formula is C16H31N3O2. The number of esters is 1. The molecule has 0 aromatic rings. The molecule has 1 aliphatic heterocycles. The summed E-state index contributed by atoms with van der Waals surface area (Å²) in [5, 5.41) is 3.31. The van der Waals surface area contributed by atoms with Crippen LogP contribution in [0.4, 0.5) is 0 Å². The largest absolute Gasteiger partial charge is 0.469 e. The van der Waals surface area contributed by atoms with E-state index in [0.717, 1.165) is 19.0 Å². The van der Waals surface area contributed by atoms with E-state index in [4.69, 9.17) is 4.74 Å². The van der Waals surface area contributed by atoms with E-state index in [0.29, 0.717) is 12.0 Å². The maximum Gasteiger partial charge on any atom is 0.310 e. The Bertz CT molecular complexity index is 367. The summed E-state index contributed by atoms with van der Waals surface area (Å²) in [6.07, 6.45) is 4.95. The first-order chi connectivity index (χ1) is 9.95. The van der Waals surface area contributed by atoms with Gasteiger partial charge in [-0.05, 0) is 24.7 Å². The zero-order valence-corrected chi connectivity index (χ0v) is 14.2. The fraction of sp³-hybridized carbons (Fsp3) is 0.875. The quantitative estimate of drug-likeness (QED) is 0.480. The van der Waals surface area contributed by atoms with Gasteiger partial charge in [-0.1, -0.05) is 27.2 Å². The Hall–Kier alpha value is -1.26. The molecule has 1 aliphatic rings. The maximum atomic E-state index is 11.5. The van der Waals surface area contributed by atoms with Crippen LogP contribution in [-0.4, -0.2) is 50.6 Å². The van der Waals surface area contributed by atoms with Gasteiger partial charge in [-0.15, -0.1) is 0 Å². The molecule has 0 amide bonds. The van der Waals surface area contributed by atoms with Crippen molar-refractivity contribution in [1.82, 2.24) is 10.2 Å². The van der Waals surface area contributed by atoms with Crippen LogP contribution in [0, 0.1) is 11.3 Å². The number of hydrogen-bond acceptors (Lipinski definition) is 3. The molecule has 0 aromatic carbocycles. The molecule has 2 unspecified atom stereocenters. The Kier molecular flexibility index (Phi) is 6.99. The number of nitrogens with zero attached hydrogens (tertiary/aromatic N) is 2. The SMILES string of the molecule is CCCC1(C)CCCN(C(=NC)NCC(C)C(=O)OC)C1. The van der Waals surface area contributed by atoms with Crippen LogP contribution in [0.15, 0.2) is 4.99 Å². The van der Waals surface area contributed by atoms with E-state index in [2.05, 4.69) is 29.1 Å². The summed E-state index contributed by atoms with van der Waals surface area (Å²) >= 11 is 0. The highest BCUT2D eigenvalue weighted by Gasteiger charge is 2.31. The minimum Gasteiger partial charge on any atom is -0.469 e. The van der Waals surface area contributed by atoms with Gasteiger partial charge in [0.05, 0.1) is 13.0 Å². The standard InChI is InChI=1S/C16H31N3O2/c1-6-8-16(3)9-7-10-19(12-16)15(17-4)18-11-13(2)14(20)21-5/h13H,6-12H2,1-5H3,(H,17,18). The van der Waals surface area contributed by atoms with Gasteiger partial charge >= 0.3 is 5.97 Å². The Balaban J connectivity index is 2.58. The van der Waals surface area contributed by atoms with E-state index in [1.54, 1.807) is 7.05 Å². The van der Waals surface area contributed by atoms with Gasteiger partial charge in [0, 0.05) is 26.7 Å². The molecular weight excluding hydrogens is 266 g/mol. The van der Waals surface area contributed by atoms with Crippen molar-refractivity contribution in [3.05, 3.63) is 0 Å². The monoisotopic (exact) mass is 297 g/mol. The van der Waals surface area contributed by atoms with Crippen molar-refractivity contribution in [2.45, 2.75) is 46.5 Å². The molecule has 0 aromatic heterocycles. The molecule has 1 heterocycles. The van der Waals surface area contributed by atoms with E-state index in [1.807, 2.05) is 6.92 Å². The Morgan fingerprint density at radius 1 is 1.52 bits per heavy atom. The first-order valence-electron chi connectivity index (χ1n) is 7.99. The molecule has 0 spiro atoms. The van der Waals surface area contributed by atoms with Crippen LogP contribution in [0.5, 0.6) is 0 Å². The molecule has 1 rings (SSSR count). The predicted octanol–water partition coefficient (Wildman–Crippen LogP) is 2.27. The highest BCUT2D eigenvalue weighted by molar-refractivity contribution is 5.81. The van der Waals surface area contributed by atoms with Gasteiger partial charge in [0.15, 0.2) is 5.96 Å². The van der Waals surface area contributed by atoms with Gasteiger partial charge < -0.3 is 15.0 Å². The van der Waals surface area contributed by atoms with Crippen molar-refractivity contribution in [1.29, 1.82) is 0 Å². The van der Waals surface area contributed by atoms with E-state index in [1.165, 1.54) is 32.8 Å². The van der Waals surface area contributed by atoms with E-state index in [-0.39, 0.29) is 11.9 Å². The molecule has 0 bridgehead atoms. The lowest BCUT2D eigenvalue weighted by Crippen LogP contribution is -2.50. The molecule has 122 valence electrons. The van der Waals surface area contributed by atoms with Crippen LogP contribution in [0.2, 0.25) is 0 Å². The highest BCUT2D eigenvalue weighted by atomic mass is 16.5. The molecule has 2 atom stereocenters. The number of aliphatic imine (C=N–C) groups is 1. The van der Waals surface area contributed by atoms with Crippen LogP contribution in [-0.2, 0) is 9.53 Å². The third kappa shape index (κ3) is 5.21. The highest BCUT2D eigenvalue weighted by Crippen LogP contribution is 2.33. The number of ether oxygens (including phenoxy) is 1. The first kappa shape index (κ1) is 17.8. The van der Waals surface area contributed by atoms with Crippen molar-refractivity contribution in [3.63, 3.8) is 0 Å². The van der Waals surface area contributed by atoms with Gasteiger partial charge in [-0.2, -0.15) is 0 Å². The summed E-state index contributed by atoms with van der Waals surface area (Å²) in [4.78, 5) is 18.2. The van der Waals surface area contributed by atoms with Crippen molar-refractivity contribution in [3.8, 4) is 0 Å². The molecule has 1 fully saturated rings. The van der Waals surface area contributed by atoms with Crippen molar-refractivity contribution >= 4 is 11.9 Å². The lowest BCUT2D eigenvalue weighted by molar-refractivity contribution is -0.144. The second-order valence-electron chi connectivity index (χ2n) is 6.44. The number of carbonyl (C=O) groups is 1. The summed E-state index contributed by atoms with van der Waals surface area (Å²) in [6, 6.07) is 0. The number of hydrogen-bond donors (Lipinski definition) is 1. The molecule has 1 saturated heterocycles. The smallest absolute Gasteiger partial charge is 0.310 e. The average Bonchev–Trinajstić information content (AvgIpc) is 2.46. The summed E-state index contributed by atoms with van der Waals surface area (Å²) in [5.41, 5.74) is 0.374. The lowest BCUT2D eigenvalue weighted by Gasteiger charge is -2.42. The number of carbonyl (C=O) groups excluding carboxylic acids is 1. The minimum absolute atomic E-state index is 0.168. The second kappa shape index (κ2) is 8.25. The summed E-state index contributed by atoms with van der Waals surface area (Å²) < 4.78 is 4.76. The summed E-state index contributed by atoms with van der Waals surface area (Å²) in [6.45, 7) is 9.10. The van der Waals surface area contributed by atoms with Crippen molar-refractivity contribution in [2.75, 3.05) is 33.8 Å². The number of likely N-dealkylation sites (tertiary alicyclic amines) is 1. The predicted molar refractivity (Wildman–Crippen MR) is 86.4 cm³/mol. The molecule has 0 saturated carbocycles. The van der Waals surface area contributed by atoms with Crippen LogP contribution in [0.25, 0.3) is 0 Å². The zero-order chi connectivity index (χ0) is 15.9. The molecule has 5 heteroatoms. The average molecular weight is 297 g/mol. The van der Waals surface area contributed by atoms with Crippen LogP contribution in [0.1, 0.15) is 46.5 Å². The zero-order valence-electron chi connectivity index (χ0n) is 14.2. The summed E-state index contributed by atoms with van der Waals surface area (Å²) in [5.74, 6) is 0.541. The third-order valence-corrected chi connectivity index (χ3v) is 4.32. The maximum absolute atomic E-state index is 11.5. The third-order valence-electron chi connectivity index (χ3n) is 4.32. The molecule has 0 aliphatic carbocycles. The van der Waals surface area contributed by atoms with Crippen LogP contribution in [0.3, 0.4) is 0 Å². The lowest BCUT2D eigenvalue weighted by atomic mass is 9.78. The van der Waals surface area contributed by atoms with Gasteiger partial charge in [0.1, 0.15) is 0 Å². The van der Waals surface area contributed by atoms with Gasteiger partial charge in [-0.3, -0.25) is 9.79 Å². The van der Waals surface area contributed by atoms with Gasteiger partial charge in [0.2, 0.25) is 0 Å². The number of guanidine groups is 1. The van der Waals surface area contributed by atoms with E-state index < -0.39 is 0 Å². The van der Waals surface area contributed by atoms with Crippen LogP contribution < -0.4 is 5.32 Å². The summed E-state index contributed by atoms with van der Waals surface area (Å²) in [7, 11) is 3.23. The molecule has 1 N–H and O–H groups in total. The fourth-order valence-electron chi connectivity index (χ4n) is 3.17.